The minimum absolute atomic E-state index is 0.180. The Balaban J connectivity index is 2.78. The van der Waals surface area contributed by atoms with Crippen LogP contribution >= 0.6 is 0 Å². The van der Waals surface area contributed by atoms with Crippen LogP contribution in [0.25, 0.3) is 0 Å². The van der Waals surface area contributed by atoms with E-state index in [-0.39, 0.29) is 18.8 Å². The van der Waals surface area contributed by atoms with Gasteiger partial charge in [0.05, 0.1) is 25.7 Å². The number of nitrogens with one attached hydrogen (secondary N) is 2. The van der Waals surface area contributed by atoms with Crippen LogP contribution in [0.15, 0.2) is 24.3 Å². The topological polar surface area (TPSA) is 93.3 Å². The number of ether oxygens (including phenoxy) is 2. The standard InChI is InChI=1S/C11H15N3O4/c1-3-17-10(15)8(11(16)18-4-2)5-13-9-6-12-7-14-9/h5-7,13H,3-4H2,1-2H3,(H,12,14). The normalized spacial score (nSPS) is 9.44. The maximum atomic E-state index is 11.6. The number of H-pyrrole nitrogens is 1. The Bertz CT molecular complexity index is 406. The van der Waals surface area contributed by atoms with Gasteiger partial charge in [0.2, 0.25) is 0 Å². The van der Waals surface area contributed by atoms with Crippen molar-refractivity contribution in [1.82, 2.24) is 9.97 Å². The van der Waals surface area contributed by atoms with E-state index in [1.807, 2.05) is 0 Å². The van der Waals surface area contributed by atoms with Crippen LogP contribution in [-0.2, 0) is 19.1 Å². The first-order chi connectivity index (χ1) is 8.69. The van der Waals surface area contributed by atoms with Gasteiger partial charge in [0.15, 0.2) is 5.57 Å². The van der Waals surface area contributed by atoms with Crippen molar-refractivity contribution in [2.24, 2.45) is 0 Å². The van der Waals surface area contributed by atoms with Gasteiger partial charge in [-0.3, -0.25) is 0 Å². The monoisotopic (exact) mass is 253 g/mol. The summed E-state index contributed by atoms with van der Waals surface area (Å²) < 4.78 is 9.54. The molecule has 0 amide bonds. The summed E-state index contributed by atoms with van der Waals surface area (Å²) in [7, 11) is 0. The van der Waals surface area contributed by atoms with Crippen molar-refractivity contribution in [2.75, 3.05) is 18.5 Å². The van der Waals surface area contributed by atoms with Crippen LogP contribution in [-0.4, -0.2) is 35.1 Å². The van der Waals surface area contributed by atoms with Gasteiger partial charge in [-0.2, -0.15) is 0 Å². The summed E-state index contributed by atoms with van der Waals surface area (Å²) in [4.78, 5) is 29.7. The quantitative estimate of drug-likeness (QED) is 0.337. The molecule has 1 aromatic heterocycles. The summed E-state index contributed by atoms with van der Waals surface area (Å²) in [6, 6.07) is 0. The molecule has 0 fully saturated rings. The average Bonchev–Trinajstić information content (AvgIpc) is 2.83. The zero-order valence-corrected chi connectivity index (χ0v) is 10.2. The number of hydrogen-bond donors (Lipinski definition) is 2. The van der Waals surface area contributed by atoms with Crippen LogP contribution in [0.3, 0.4) is 0 Å². The maximum Gasteiger partial charge on any atom is 0.347 e. The SMILES string of the molecule is CCOC(=O)C(=CNc1cnc[nH]1)C(=O)OCC. The Hall–Kier alpha value is -2.31. The molecule has 1 rings (SSSR count). The van der Waals surface area contributed by atoms with Gasteiger partial charge in [-0.15, -0.1) is 0 Å². The van der Waals surface area contributed by atoms with Gasteiger partial charge in [0.1, 0.15) is 5.82 Å². The fourth-order valence-electron chi connectivity index (χ4n) is 1.10. The molecule has 2 N–H and O–H groups in total. The molecular weight excluding hydrogens is 238 g/mol. The molecule has 0 aliphatic rings. The van der Waals surface area contributed by atoms with E-state index in [9.17, 15) is 9.59 Å². The van der Waals surface area contributed by atoms with Crippen molar-refractivity contribution in [2.45, 2.75) is 13.8 Å². The minimum atomic E-state index is -0.733. The van der Waals surface area contributed by atoms with E-state index in [1.54, 1.807) is 13.8 Å². The molecule has 0 aliphatic carbocycles. The van der Waals surface area contributed by atoms with Crippen LogP contribution in [0.1, 0.15) is 13.8 Å². The third kappa shape index (κ3) is 3.93. The minimum Gasteiger partial charge on any atom is -0.462 e. The Labute approximate surface area is 104 Å². The molecule has 0 aromatic carbocycles. The number of anilines is 1. The Morgan fingerprint density at radius 2 is 1.94 bits per heavy atom. The van der Waals surface area contributed by atoms with Gasteiger partial charge in [-0.05, 0) is 13.8 Å². The van der Waals surface area contributed by atoms with E-state index in [1.165, 1.54) is 18.7 Å². The summed E-state index contributed by atoms with van der Waals surface area (Å²) in [6.45, 7) is 3.67. The third-order valence-corrected chi connectivity index (χ3v) is 1.86. The lowest BCUT2D eigenvalue weighted by atomic mass is 10.3. The molecule has 0 spiro atoms. The van der Waals surface area contributed by atoms with Gasteiger partial charge >= 0.3 is 11.9 Å². The molecule has 0 aliphatic heterocycles. The second-order valence-electron chi connectivity index (χ2n) is 3.11. The molecule has 18 heavy (non-hydrogen) atoms. The number of rotatable bonds is 6. The van der Waals surface area contributed by atoms with E-state index in [2.05, 4.69) is 15.3 Å². The lowest BCUT2D eigenvalue weighted by Gasteiger charge is -2.06. The molecular formula is C11H15N3O4. The van der Waals surface area contributed by atoms with Gasteiger partial charge in [0, 0.05) is 6.20 Å². The van der Waals surface area contributed by atoms with Crippen LogP contribution in [0, 0.1) is 0 Å². The smallest absolute Gasteiger partial charge is 0.347 e. The number of nitrogens with zero attached hydrogens (tertiary/aromatic N) is 1. The molecule has 7 heteroatoms. The predicted octanol–water partition coefficient (Wildman–Crippen LogP) is 0.832. The van der Waals surface area contributed by atoms with Crippen molar-refractivity contribution in [1.29, 1.82) is 0 Å². The zero-order chi connectivity index (χ0) is 13.4. The first kappa shape index (κ1) is 13.8. The summed E-state index contributed by atoms with van der Waals surface area (Å²) in [6.07, 6.45) is 4.19. The van der Waals surface area contributed by atoms with Crippen molar-refractivity contribution >= 4 is 17.8 Å². The third-order valence-electron chi connectivity index (χ3n) is 1.86. The number of imidazole rings is 1. The first-order valence-electron chi connectivity index (χ1n) is 5.48. The molecule has 98 valence electrons. The molecule has 0 atom stereocenters. The number of aromatic amines is 1. The second-order valence-corrected chi connectivity index (χ2v) is 3.11. The van der Waals surface area contributed by atoms with Crippen LogP contribution in [0.4, 0.5) is 5.82 Å². The van der Waals surface area contributed by atoms with Crippen LogP contribution in [0.5, 0.6) is 0 Å². The fraction of sp³-hybridized carbons (Fsp3) is 0.364. The van der Waals surface area contributed by atoms with Crippen molar-refractivity contribution in [3.8, 4) is 0 Å². The van der Waals surface area contributed by atoms with E-state index in [4.69, 9.17) is 9.47 Å². The summed E-state index contributed by atoms with van der Waals surface area (Å²) in [5.74, 6) is -0.924. The van der Waals surface area contributed by atoms with Gasteiger partial charge in [-0.1, -0.05) is 0 Å². The van der Waals surface area contributed by atoms with Crippen molar-refractivity contribution in [3.05, 3.63) is 24.3 Å². The Morgan fingerprint density at radius 1 is 1.33 bits per heavy atom. The molecule has 0 saturated heterocycles. The second kappa shape index (κ2) is 7.10. The number of carbonyl (C=O) groups excluding carboxylic acids is 2. The van der Waals surface area contributed by atoms with Gasteiger partial charge < -0.3 is 19.8 Å². The summed E-state index contributed by atoms with van der Waals surface area (Å²) in [5, 5.41) is 2.72. The van der Waals surface area contributed by atoms with Crippen LogP contribution in [0.2, 0.25) is 0 Å². The van der Waals surface area contributed by atoms with Gasteiger partial charge in [-0.25, -0.2) is 14.6 Å². The Morgan fingerprint density at radius 3 is 2.39 bits per heavy atom. The lowest BCUT2D eigenvalue weighted by molar-refractivity contribution is -0.146. The highest BCUT2D eigenvalue weighted by Gasteiger charge is 2.20. The van der Waals surface area contributed by atoms with E-state index in [0.29, 0.717) is 5.82 Å². The highest BCUT2D eigenvalue weighted by molar-refractivity contribution is 6.14. The van der Waals surface area contributed by atoms with Crippen molar-refractivity contribution < 1.29 is 19.1 Å². The molecule has 0 unspecified atom stereocenters. The molecule has 7 nitrogen and oxygen atoms in total. The average molecular weight is 253 g/mol. The van der Waals surface area contributed by atoms with E-state index < -0.39 is 11.9 Å². The Kier molecular flexibility index (Phi) is 5.43. The van der Waals surface area contributed by atoms with Crippen LogP contribution < -0.4 is 5.32 Å². The predicted molar refractivity (Wildman–Crippen MR) is 63.6 cm³/mol. The molecule has 1 aromatic rings. The number of esters is 2. The molecule has 1 heterocycles. The summed E-state index contributed by atoms with van der Waals surface area (Å²) >= 11 is 0. The van der Waals surface area contributed by atoms with E-state index >= 15 is 0 Å². The number of hydrogen-bond acceptors (Lipinski definition) is 6. The largest absolute Gasteiger partial charge is 0.462 e. The molecule has 0 radical (unpaired) electrons. The zero-order valence-electron chi connectivity index (χ0n) is 10.2. The van der Waals surface area contributed by atoms with E-state index in [0.717, 1.165) is 0 Å². The first-order valence-corrected chi connectivity index (χ1v) is 5.48. The highest BCUT2D eigenvalue weighted by atomic mass is 16.6. The highest BCUT2D eigenvalue weighted by Crippen LogP contribution is 2.05. The molecule has 0 saturated carbocycles. The van der Waals surface area contributed by atoms with Crippen molar-refractivity contribution in [3.63, 3.8) is 0 Å². The number of aromatic nitrogens is 2. The maximum absolute atomic E-state index is 11.6. The fourth-order valence-corrected chi connectivity index (χ4v) is 1.10. The lowest BCUT2D eigenvalue weighted by Crippen LogP contribution is -2.19. The molecule has 0 bridgehead atoms. The van der Waals surface area contributed by atoms with Gasteiger partial charge in [0.25, 0.3) is 0 Å². The summed E-state index contributed by atoms with van der Waals surface area (Å²) in [5.41, 5.74) is -0.201. The number of carbonyl (C=O) groups is 2.